The van der Waals surface area contributed by atoms with Crippen LogP contribution in [0, 0.1) is 0 Å². The lowest BCUT2D eigenvalue weighted by Crippen LogP contribution is -2.27. The van der Waals surface area contributed by atoms with Crippen LogP contribution in [0.1, 0.15) is 18.4 Å². The predicted octanol–water partition coefficient (Wildman–Crippen LogP) is 2.31. The number of amides is 1. The average molecular weight is 366 g/mol. The molecular weight excluding hydrogens is 344 g/mol. The van der Waals surface area contributed by atoms with Gasteiger partial charge in [0, 0.05) is 13.2 Å². The van der Waals surface area contributed by atoms with Crippen LogP contribution in [-0.4, -0.2) is 40.2 Å². The largest absolute Gasteiger partial charge is 0.491 e. The summed E-state index contributed by atoms with van der Waals surface area (Å²) in [4.78, 5) is 12.2. The lowest BCUT2D eigenvalue weighted by Gasteiger charge is -2.12. The number of benzene rings is 2. The highest BCUT2D eigenvalue weighted by atomic mass is 16.5. The number of para-hydroxylation sites is 1. The van der Waals surface area contributed by atoms with E-state index in [4.69, 9.17) is 9.47 Å². The molecular formula is C20H22N4O3. The Labute approximate surface area is 157 Å². The van der Waals surface area contributed by atoms with E-state index in [1.807, 2.05) is 48.5 Å². The fourth-order valence-electron chi connectivity index (χ4n) is 3.10. The molecule has 1 amide bonds. The van der Waals surface area contributed by atoms with Crippen LogP contribution in [0.4, 0.5) is 0 Å². The van der Waals surface area contributed by atoms with Gasteiger partial charge in [-0.2, -0.15) is 0 Å². The van der Waals surface area contributed by atoms with Crippen LogP contribution in [0.3, 0.4) is 0 Å². The third-order valence-electron chi connectivity index (χ3n) is 4.59. The molecule has 1 aliphatic rings. The quantitative estimate of drug-likeness (QED) is 0.694. The number of fused-ring (bicyclic) bond motifs is 1. The van der Waals surface area contributed by atoms with Gasteiger partial charge in [-0.3, -0.25) is 4.79 Å². The number of hydrogen-bond acceptors (Lipinski definition) is 5. The van der Waals surface area contributed by atoms with Gasteiger partial charge in [-0.25, -0.2) is 4.68 Å². The summed E-state index contributed by atoms with van der Waals surface area (Å²) in [5, 5.41) is 11.0. The summed E-state index contributed by atoms with van der Waals surface area (Å²) in [5.74, 6) is 0.707. The number of rotatable bonds is 7. The highest BCUT2D eigenvalue weighted by Gasteiger charge is 2.15. The number of aromatic nitrogens is 3. The zero-order valence-corrected chi connectivity index (χ0v) is 15.0. The van der Waals surface area contributed by atoms with E-state index in [9.17, 15) is 4.79 Å². The summed E-state index contributed by atoms with van der Waals surface area (Å²) in [6.07, 6.45) is 2.37. The molecule has 1 unspecified atom stereocenters. The first-order valence-corrected chi connectivity index (χ1v) is 9.16. The Morgan fingerprint density at radius 3 is 2.89 bits per heavy atom. The Kier molecular flexibility index (Phi) is 5.29. The van der Waals surface area contributed by atoms with Crippen LogP contribution in [-0.2, 0) is 22.6 Å². The summed E-state index contributed by atoms with van der Waals surface area (Å²) >= 11 is 0. The lowest BCUT2D eigenvalue weighted by molar-refractivity contribution is -0.121. The zero-order valence-electron chi connectivity index (χ0n) is 15.0. The molecule has 1 fully saturated rings. The van der Waals surface area contributed by atoms with Crippen molar-refractivity contribution in [2.24, 2.45) is 0 Å². The van der Waals surface area contributed by atoms with Crippen molar-refractivity contribution in [2.45, 2.75) is 32.0 Å². The maximum absolute atomic E-state index is 12.2. The number of carbonyl (C=O) groups excluding carboxylic acids is 1. The van der Waals surface area contributed by atoms with Crippen LogP contribution in [0.5, 0.6) is 5.75 Å². The molecule has 0 radical (unpaired) electrons. The predicted molar refractivity (Wildman–Crippen MR) is 100 cm³/mol. The molecule has 1 aliphatic heterocycles. The normalized spacial score (nSPS) is 16.5. The summed E-state index contributed by atoms with van der Waals surface area (Å²) < 4.78 is 12.9. The van der Waals surface area contributed by atoms with Crippen LogP contribution in [0.15, 0.2) is 48.5 Å². The molecule has 1 aromatic heterocycles. The summed E-state index contributed by atoms with van der Waals surface area (Å²) in [7, 11) is 0. The van der Waals surface area contributed by atoms with Gasteiger partial charge in [0.1, 0.15) is 24.4 Å². The molecule has 7 heteroatoms. The fraction of sp³-hybridized carbons (Fsp3) is 0.350. The first-order chi connectivity index (χ1) is 13.3. The van der Waals surface area contributed by atoms with E-state index in [-0.39, 0.29) is 18.6 Å². The number of nitrogens with zero attached hydrogens (tertiary/aromatic N) is 3. The number of nitrogens with one attached hydrogen (secondary N) is 1. The van der Waals surface area contributed by atoms with E-state index in [0.29, 0.717) is 13.2 Å². The van der Waals surface area contributed by atoms with Gasteiger partial charge in [0.15, 0.2) is 0 Å². The topological polar surface area (TPSA) is 78.3 Å². The van der Waals surface area contributed by atoms with Crippen LogP contribution < -0.4 is 10.1 Å². The number of hydrogen-bond donors (Lipinski definition) is 1. The molecule has 1 atom stereocenters. The van der Waals surface area contributed by atoms with Crippen molar-refractivity contribution < 1.29 is 14.3 Å². The minimum atomic E-state index is -0.107. The van der Waals surface area contributed by atoms with Gasteiger partial charge in [0.25, 0.3) is 0 Å². The maximum atomic E-state index is 12.2. The van der Waals surface area contributed by atoms with Crippen molar-refractivity contribution in [3.8, 4) is 5.75 Å². The first kappa shape index (κ1) is 17.5. The monoisotopic (exact) mass is 366 g/mol. The third-order valence-corrected chi connectivity index (χ3v) is 4.59. The summed E-state index contributed by atoms with van der Waals surface area (Å²) in [6, 6.07) is 15.3. The zero-order chi connectivity index (χ0) is 18.5. The van der Waals surface area contributed by atoms with Gasteiger partial charge in [-0.1, -0.05) is 29.5 Å². The number of carbonyl (C=O) groups is 1. The van der Waals surface area contributed by atoms with Crippen LogP contribution in [0.25, 0.3) is 11.0 Å². The highest BCUT2D eigenvalue weighted by molar-refractivity contribution is 5.79. The molecule has 2 aromatic carbocycles. The summed E-state index contributed by atoms with van der Waals surface area (Å²) in [5.41, 5.74) is 2.64. The Morgan fingerprint density at radius 1 is 1.22 bits per heavy atom. The van der Waals surface area contributed by atoms with Crippen LogP contribution in [0.2, 0.25) is 0 Å². The van der Waals surface area contributed by atoms with E-state index in [1.54, 1.807) is 4.68 Å². The van der Waals surface area contributed by atoms with Gasteiger partial charge in [0.05, 0.1) is 11.6 Å². The highest BCUT2D eigenvalue weighted by Crippen LogP contribution is 2.16. The van der Waals surface area contributed by atoms with Crippen molar-refractivity contribution in [3.05, 3.63) is 54.1 Å². The molecule has 27 heavy (non-hydrogen) atoms. The second kappa shape index (κ2) is 8.18. The first-order valence-electron chi connectivity index (χ1n) is 9.16. The van der Waals surface area contributed by atoms with E-state index >= 15 is 0 Å². The van der Waals surface area contributed by atoms with Crippen molar-refractivity contribution >= 4 is 16.9 Å². The second-order valence-electron chi connectivity index (χ2n) is 6.60. The van der Waals surface area contributed by atoms with E-state index < -0.39 is 0 Å². The summed E-state index contributed by atoms with van der Waals surface area (Å²) in [6.45, 7) is 2.01. The Balaban J connectivity index is 1.26. The molecule has 1 N–H and O–H groups in total. The molecule has 0 spiro atoms. The molecule has 140 valence electrons. The van der Waals surface area contributed by atoms with Gasteiger partial charge in [-0.05, 0) is 42.7 Å². The SMILES string of the molecule is O=C(Cn1nnc2ccccc21)NCc1ccc(OCC2CCCO2)cc1. The minimum Gasteiger partial charge on any atom is -0.491 e. The molecule has 0 saturated carbocycles. The lowest BCUT2D eigenvalue weighted by atomic mass is 10.2. The van der Waals surface area contributed by atoms with Crippen molar-refractivity contribution in [3.63, 3.8) is 0 Å². The molecule has 0 aliphatic carbocycles. The minimum absolute atomic E-state index is 0.107. The van der Waals surface area contributed by atoms with Crippen molar-refractivity contribution in [1.82, 2.24) is 20.3 Å². The van der Waals surface area contributed by atoms with Crippen molar-refractivity contribution in [1.29, 1.82) is 0 Å². The molecule has 1 saturated heterocycles. The molecule has 4 rings (SSSR count). The Morgan fingerprint density at radius 2 is 2.07 bits per heavy atom. The second-order valence-corrected chi connectivity index (χ2v) is 6.60. The molecule has 3 aromatic rings. The Hall–Kier alpha value is -2.93. The van der Waals surface area contributed by atoms with E-state index in [1.165, 1.54) is 0 Å². The third kappa shape index (κ3) is 4.43. The van der Waals surface area contributed by atoms with Gasteiger partial charge in [-0.15, -0.1) is 5.10 Å². The number of ether oxygens (including phenoxy) is 2. The maximum Gasteiger partial charge on any atom is 0.242 e. The standard InChI is InChI=1S/C20H22N4O3/c25-20(13-24-19-6-2-1-5-18(19)22-23-24)21-12-15-7-9-16(10-8-15)27-14-17-4-3-11-26-17/h1-2,5-10,17H,3-4,11-14H2,(H,21,25). The fourth-order valence-corrected chi connectivity index (χ4v) is 3.10. The van der Waals surface area contributed by atoms with E-state index in [2.05, 4.69) is 15.6 Å². The van der Waals surface area contributed by atoms with Gasteiger partial charge in [0.2, 0.25) is 5.91 Å². The van der Waals surface area contributed by atoms with Crippen molar-refractivity contribution in [2.75, 3.05) is 13.2 Å². The van der Waals surface area contributed by atoms with E-state index in [0.717, 1.165) is 41.8 Å². The van der Waals surface area contributed by atoms with Crippen LogP contribution >= 0.6 is 0 Å². The average Bonchev–Trinajstić information content (AvgIpc) is 3.36. The molecule has 0 bridgehead atoms. The van der Waals surface area contributed by atoms with Gasteiger partial charge >= 0.3 is 0 Å². The molecule has 7 nitrogen and oxygen atoms in total. The molecule has 2 heterocycles. The Bertz CT molecular complexity index is 901. The van der Waals surface area contributed by atoms with Gasteiger partial charge < -0.3 is 14.8 Å². The smallest absolute Gasteiger partial charge is 0.242 e.